The first-order valence-corrected chi connectivity index (χ1v) is 0. The van der Waals surface area contributed by atoms with Crippen molar-refractivity contribution in [2.75, 3.05) is 0 Å². The van der Waals surface area contributed by atoms with Crippen molar-refractivity contribution in [3.8, 4) is 0 Å². The molecule has 0 fully saturated rings. The van der Waals surface area contributed by atoms with Crippen molar-refractivity contribution in [1.29, 1.82) is 0 Å². The number of halogens is 3. The minimum absolute atomic E-state index is 0. The Balaban J connectivity index is 0. The van der Waals surface area contributed by atoms with E-state index in [1.54, 1.807) is 0 Å². The van der Waals surface area contributed by atoms with Crippen LogP contribution in [0.1, 0.15) is 0 Å². The van der Waals surface area contributed by atoms with Crippen LogP contribution in [0.4, 0.5) is 0 Å². The average molecular weight is 225 g/mol. The quantitative estimate of drug-likeness (QED) is 0.422. The van der Waals surface area contributed by atoms with Crippen LogP contribution in [0.5, 0.6) is 0 Å². The predicted molar refractivity (Wildman–Crippen MR) is 37.1 cm³/mol. The molecule has 0 aromatic rings. The minimum atomic E-state index is 0. The summed E-state index contributed by atoms with van der Waals surface area (Å²) < 4.78 is 0. The zero-order chi connectivity index (χ0) is 0. The van der Waals surface area contributed by atoms with Crippen LogP contribution in [0.3, 0.4) is 0 Å². The van der Waals surface area contributed by atoms with Crippen molar-refractivity contribution in [2.24, 2.45) is 0 Å². The molecule has 4 heavy (non-hydrogen) atoms. The molecule has 0 N–H and O–H groups in total. The second-order valence-corrected chi connectivity index (χ2v) is 0. The standard InChI is InChI=1S/2ClH.HI.Na.H/h3*1H;;. The molecular weight excluding hydrogens is 221 g/mol. The van der Waals surface area contributed by atoms with Gasteiger partial charge in [-0.3, -0.25) is 0 Å². The van der Waals surface area contributed by atoms with Gasteiger partial charge in [-0.25, -0.2) is 0 Å². The van der Waals surface area contributed by atoms with E-state index in [1.807, 2.05) is 0 Å². The molecule has 0 spiro atoms. The van der Waals surface area contributed by atoms with Crippen LogP contribution in [0.2, 0.25) is 0 Å². The molecule has 0 rings (SSSR count). The van der Waals surface area contributed by atoms with Crippen LogP contribution in [-0.4, -0.2) is 29.6 Å². The van der Waals surface area contributed by atoms with E-state index in [9.17, 15) is 0 Å². The summed E-state index contributed by atoms with van der Waals surface area (Å²) in [5.41, 5.74) is 0. The molecule has 0 aliphatic heterocycles. The first-order valence-electron chi connectivity index (χ1n) is 0. The Morgan fingerprint density at radius 1 is 0.750 bits per heavy atom. The molecule has 0 radical (unpaired) electrons. The Morgan fingerprint density at radius 3 is 0.750 bits per heavy atom. The Kier molecular flexibility index (Phi) is 154. The van der Waals surface area contributed by atoms with Crippen LogP contribution in [-0.2, 0) is 0 Å². The van der Waals surface area contributed by atoms with Crippen molar-refractivity contribution in [3.63, 3.8) is 0 Å². The Bertz CT molecular complexity index is 6.00. The molecule has 0 unspecified atom stereocenters. The number of rotatable bonds is 0. The molecule has 0 aliphatic carbocycles. The molecule has 0 nitrogen and oxygen atoms in total. The van der Waals surface area contributed by atoms with Crippen molar-refractivity contribution in [2.45, 2.75) is 0 Å². The molecule has 0 aromatic heterocycles. The molecule has 0 heterocycles. The van der Waals surface area contributed by atoms with Crippen molar-refractivity contribution >= 4 is 78.3 Å². The van der Waals surface area contributed by atoms with Gasteiger partial charge in [0, 0.05) is 0 Å². The van der Waals surface area contributed by atoms with E-state index >= 15 is 0 Å². The van der Waals surface area contributed by atoms with Gasteiger partial charge in [-0.05, 0) is 0 Å². The maximum absolute atomic E-state index is 0. The van der Waals surface area contributed by atoms with Crippen LogP contribution in [0, 0.1) is 0 Å². The van der Waals surface area contributed by atoms with Gasteiger partial charge in [0.2, 0.25) is 0 Å². The molecular formula is H4Cl2INa. The van der Waals surface area contributed by atoms with Crippen molar-refractivity contribution < 1.29 is 0 Å². The third kappa shape index (κ3) is 8.85. The van der Waals surface area contributed by atoms with Gasteiger partial charge in [-0.1, -0.05) is 0 Å². The Hall–Kier alpha value is 2.31. The fourth-order valence-corrected chi connectivity index (χ4v) is 0. The monoisotopic (exact) mass is 224 g/mol. The summed E-state index contributed by atoms with van der Waals surface area (Å²) >= 11 is 0. The summed E-state index contributed by atoms with van der Waals surface area (Å²) in [5, 5.41) is 0. The van der Waals surface area contributed by atoms with Crippen molar-refractivity contribution in [1.82, 2.24) is 0 Å². The van der Waals surface area contributed by atoms with E-state index < -0.39 is 0 Å². The summed E-state index contributed by atoms with van der Waals surface area (Å²) in [5.74, 6) is 0. The van der Waals surface area contributed by atoms with E-state index in [2.05, 4.69) is 0 Å². The van der Waals surface area contributed by atoms with Crippen LogP contribution in [0.15, 0.2) is 0 Å². The zero-order valence-corrected chi connectivity index (χ0v) is 5.19. The van der Waals surface area contributed by atoms with Gasteiger partial charge in [0.05, 0.1) is 0 Å². The third-order valence-corrected chi connectivity index (χ3v) is 0. The van der Waals surface area contributed by atoms with Crippen molar-refractivity contribution in [3.05, 3.63) is 0 Å². The molecule has 0 atom stereocenters. The zero-order valence-electron chi connectivity index (χ0n) is 1.22. The van der Waals surface area contributed by atoms with Gasteiger partial charge >= 0.3 is 29.6 Å². The van der Waals surface area contributed by atoms with E-state index in [1.165, 1.54) is 0 Å². The summed E-state index contributed by atoms with van der Waals surface area (Å²) in [6.07, 6.45) is 0. The molecule has 0 saturated heterocycles. The molecule has 0 aliphatic rings. The van der Waals surface area contributed by atoms with Crippen LogP contribution in [0.25, 0.3) is 0 Å². The molecule has 0 amide bonds. The number of hydrogen-bond donors (Lipinski definition) is 0. The fraction of sp³-hybridized carbons (Fsp3) is 0. The van der Waals surface area contributed by atoms with Gasteiger partial charge in [-0.15, -0.1) is 48.8 Å². The van der Waals surface area contributed by atoms with Gasteiger partial charge in [0.1, 0.15) is 0 Å². The first-order chi connectivity index (χ1) is 0. The second-order valence-electron chi connectivity index (χ2n) is 0. The summed E-state index contributed by atoms with van der Waals surface area (Å²) in [4.78, 5) is 0. The maximum atomic E-state index is 0. The van der Waals surface area contributed by atoms with E-state index in [0.29, 0.717) is 0 Å². The third-order valence-electron chi connectivity index (χ3n) is 0. The Morgan fingerprint density at radius 2 is 0.750 bits per heavy atom. The molecule has 4 heteroatoms. The average Bonchev–Trinajstić information content (AvgIpc) is 0. The second kappa shape index (κ2) is 18.5. The number of hydrogen-bond acceptors (Lipinski definition) is 0. The van der Waals surface area contributed by atoms with Crippen LogP contribution < -0.4 is 0 Å². The summed E-state index contributed by atoms with van der Waals surface area (Å²) in [6, 6.07) is 0. The van der Waals surface area contributed by atoms with Crippen LogP contribution >= 0.6 is 48.8 Å². The van der Waals surface area contributed by atoms with Gasteiger partial charge in [-0.2, -0.15) is 0 Å². The SMILES string of the molecule is Cl.Cl.I.[NaH]. The molecule has 0 saturated carbocycles. The predicted octanol–water partition coefficient (Wildman–Crippen LogP) is 0.813. The Labute approximate surface area is 77.2 Å². The normalized spacial score (nSPS) is 0. The van der Waals surface area contributed by atoms with Gasteiger partial charge in [0.25, 0.3) is 0 Å². The van der Waals surface area contributed by atoms with E-state index in [4.69, 9.17) is 0 Å². The molecule has 0 bridgehead atoms. The van der Waals surface area contributed by atoms with Gasteiger partial charge in [0.15, 0.2) is 0 Å². The topological polar surface area (TPSA) is 0 Å². The van der Waals surface area contributed by atoms with Gasteiger partial charge < -0.3 is 0 Å². The molecule has 26 valence electrons. The summed E-state index contributed by atoms with van der Waals surface area (Å²) in [7, 11) is 0. The summed E-state index contributed by atoms with van der Waals surface area (Å²) in [6.45, 7) is 0. The van der Waals surface area contributed by atoms with E-state index in [-0.39, 0.29) is 78.3 Å². The van der Waals surface area contributed by atoms with E-state index in [0.717, 1.165) is 0 Å². The fourth-order valence-electron chi connectivity index (χ4n) is 0. The molecule has 0 aromatic carbocycles. The first kappa shape index (κ1) is 33.3.